The average molecular weight is 293 g/mol. The quantitative estimate of drug-likeness (QED) is 0.827. The summed E-state index contributed by atoms with van der Waals surface area (Å²) in [6, 6.07) is 16.0. The molecule has 0 aliphatic heterocycles. The molecule has 0 spiro atoms. The highest BCUT2D eigenvalue weighted by Gasteiger charge is 2.07. The summed E-state index contributed by atoms with van der Waals surface area (Å²) < 4.78 is 0. The predicted octanol–water partition coefficient (Wildman–Crippen LogP) is 4.34. The van der Waals surface area contributed by atoms with Gasteiger partial charge < -0.3 is 5.11 Å². The lowest BCUT2D eigenvalue weighted by Crippen LogP contribution is -2.13. The highest BCUT2D eigenvalue weighted by molar-refractivity contribution is 7.99. The Balaban J connectivity index is 1.86. The van der Waals surface area contributed by atoms with E-state index in [0.29, 0.717) is 12.2 Å². The molecule has 0 fully saturated rings. The van der Waals surface area contributed by atoms with Gasteiger partial charge in [0.15, 0.2) is 0 Å². The number of benzene rings is 2. The Bertz CT molecular complexity index is 542. The number of thioether (sulfide) groups is 1. The molecule has 1 N–H and O–H groups in total. The maximum absolute atomic E-state index is 10.1. The second-order valence-corrected chi connectivity index (χ2v) is 6.15. The minimum atomic E-state index is -0.357. The van der Waals surface area contributed by atoms with Crippen LogP contribution < -0.4 is 0 Å². The molecular formula is C16H17ClOS. The van der Waals surface area contributed by atoms with E-state index >= 15 is 0 Å². The largest absolute Gasteiger partial charge is 0.392 e. The lowest BCUT2D eigenvalue weighted by atomic mass is 10.1. The first-order chi connectivity index (χ1) is 9.13. The number of halogens is 1. The monoisotopic (exact) mass is 292 g/mol. The van der Waals surface area contributed by atoms with Gasteiger partial charge in [-0.05, 0) is 43.2 Å². The van der Waals surface area contributed by atoms with Gasteiger partial charge in [0.1, 0.15) is 0 Å². The lowest BCUT2D eigenvalue weighted by molar-refractivity contribution is 0.200. The van der Waals surface area contributed by atoms with Crippen LogP contribution in [0.2, 0.25) is 5.02 Å². The van der Waals surface area contributed by atoms with E-state index in [0.717, 1.165) is 10.6 Å². The van der Waals surface area contributed by atoms with Crippen LogP contribution in [-0.2, 0) is 6.42 Å². The van der Waals surface area contributed by atoms with Gasteiger partial charge in [-0.15, -0.1) is 11.8 Å². The van der Waals surface area contributed by atoms with Crippen LogP contribution in [0.5, 0.6) is 0 Å². The Morgan fingerprint density at radius 3 is 2.68 bits per heavy atom. The minimum absolute atomic E-state index is 0.357. The molecule has 0 aliphatic carbocycles. The summed E-state index contributed by atoms with van der Waals surface area (Å²) in [5.74, 6) is 0.690. The molecule has 0 aliphatic rings. The molecule has 0 bridgehead atoms. The van der Waals surface area contributed by atoms with Crippen molar-refractivity contribution < 1.29 is 5.11 Å². The number of aliphatic hydroxyl groups is 1. The molecule has 0 saturated heterocycles. The molecule has 2 aromatic carbocycles. The van der Waals surface area contributed by atoms with E-state index < -0.39 is 0 Å². The molecule has 19 heavy (non-hydrogen) atoms. The van der Waals surface area contributed by atoms with Crippen LogP contribution >= 0.6 is 23.4 Å². The fourth-order valence-corrected chi connectivity index (χ4v) is 3.05. The Kier molecular flexibility index (Phi) is 5.32. The second kappa shape index (κ2) is 6.99. The van der Waals surface area contributed by atoms with Crippen molar-refractivity contribution in [1.29, 1.82) is 0 Å². The van der Waals surface area contributed by atoms with Crippen LogP contribution in [0.3, 0.4) is 0 Å². The Morgan fingerprint density at radius 2 is 1.95 bits per heavy atom. The highest BCUT2D eigenvalue weighted by Crippen LogP contribution is 2.21. The summed E-state index contributed by atoms with van der Waals surface area (Å²) in [7, 11) is 0. The van der Waals surface area contributed by atoms with E-state index in [2.05, 4.69) is 25.1 Å². The second-order valence-electron chi connectivity index (χ2n) is 4.62. The molecule has 0 heterocycles. The Labute approximate surface area is 123 Å². The van der Waals surface area contributed by atoms with E-state index in [1.54, 1.807) is 11.8 Å². The van der Waals surface area contributed by atoms with Gasteiger partial charge in [-0.3, -0.25) is 0 Å². The first-order valence-corrected chi connectivity index (χ1v) is 7.62. The van der Waals surface area contributed by atoms with Gasteiger partial charge in [0.05, 0.1) is 6.10 Å². The van der Waals surface area contributed by atoms with Crippen LogP contribution in [-0.4, -0.2) is 17.0 Å². The summed E-state index contributed by atoms with van der Waals surface area (Å²) in [4.78, 5) is 1.20. The third kappa shape index (κ3) is 4.90. The molecule has 2 rings (SSSR count). The molecule has 3 heteroatoms. The number of rotatable bonds is 5. The summed E-state index contributed by atoms with van der Waals surface area (Å²) >= 11 is 7.61. The SMILES string of the molecule is Cc1cccc(SCC(O)Cc2cccc(Cl)c2)c1. The van der Waals surface area contributed by atoms with E-state index in [-0.39, 0.29) is 6.10 Å². The van der Waals surface area contributed by atoms with Gasteiger partial charge in [-0.2, -0.15) is 0 Å². The number of hydrogen-bond donors (Lipinski definition) is 1. The van der Waals surface area contributed by atoms with Crippen molar-refractivity contribution in [3.05, 3.63) is 64.7 Å². The van der Waals surface area contributed by atoms with E-state index in [1.807, 2.05) is 30.3 Å². The van der Waals surface area contributed by atoms with Crippen molar-refractivity contribution in [2.24, 2.45) is 0 Å². The van der Waals surface area contributed by atoms with Crippen molar-refractivity contribution in [2.75, 3.05) is 5.75 Å². The van der Waals surface area contributed by atoms with Crippen molar-refractivity contribution in [1.82, 2.24) is 0 Å². The Morgan fingerprint density at radius 1 is 1.16 bits per heavy atom. The fraction of sp³-hybridized carbons (Fsp3) is 0.250. The average Bonchev–Trinajstić information content (AvgIpc) is 2.36. The zero-order valence-electron chi connectivity index (χ0n) is 10.8. The van der Waals surface area contributed by atoms with Crippen LogP contribution in [0, 0.1) is 6.92 Å². The van der Waals surface area contributed by atoms with E-state index in [1.165, 1.54) is 10.5 Å². The van der Waals surface area contributed by atoms with Crippen molar-refractivity contribution in [2.45, 2.75) is 24.3 Å². The van der Waals surface area contributed by atoms with Gasteiger partial charge in [-0.1, -0.05) is 41.4 Å². The molecule has 100 valence electrons. The molecular weight excluding hydrogens is 276 g/mol. The van der Waals surface area contributed by atoms with Gasteiger partial charge in [0, 0.05) is 15.7 Å². The maximum Gasteiger partial charge on any atom is 0.0674 e. The molecule has 0 saturated carbocycles. The van der Waals surface area contributed by atoms with Gasteiger partial charge >= 0.3 is 0 Å². The maximum atomic E-state index is 10.1. The van der Waals surface area contributed by atoms with Crippen LogP contribution in [0.1, 0.15) is 11.1 Å². The molecule has 0 amide bonds. The van der Waals surface area contributed by atoms with Crippen molar-refractivity contribution >= 4 is 23.4 Å². The third-order valence-corrected chi connectivity index (χ3v) is 4.17. The van der Waals surface area contributed by atoms with Gasteiger partial charge in [0.25, 0.3) is 0 Å². The number of aliphatic hydroxyl groups excluding tert-OH is 1. The van der Waals surface area contributed by atoms with Crippen molar-refractivity contribution in [3.8, 4) is 0 Å². The van der Waals surface area contributed by atoms with E-state index in [9.17, 15) is 5.11 Å². The first-order valence-electron chi connectivity index (χ1n) is 6.25. The lowest BCUT2D eigenvalue weighted by Gasteiger charge is -2.11. The van der Waals surface area contributed by atoms with Crippen LogP contribution in [0.25, 0.3) is 0 Å². The van der Waals surface area contributed by atoms with Gasteiger partial charge in [0.2, 0.25) is 0 Å². The number of hydrogen-bond acceptors (Lipinski definition) is 2. The third-order valence-electron chi connectivity index (χ3n) is 2.79. The van der Waals surface area contributed by atoms with E-state index in [4.69, 9.17) is 11.6 Å². The van der Waals surface area contributed by atoms with Crippen LogP contribution in [0.4, 0.5) is 0 Å². The standard InChI is InChI=1S/C16H17ClOS/c1-12-4-2-7-16(8-12)19-11-15(18)10-13-5-3-6-14(17)9-13/h2-9,15,18H,10-11H2,1H3. The normalized spacial score (nSPS) is 12.4. The van der Waals surface area contributed by atoms with Crippen molar-refractivity contribution in [3.63, 3.8) is 0 Å². The molecule has 1 unspecified atom stereocenters. The smallest absolute Gasteiger partial charge is 0.0674 e. The Hall–Kier alpha value is -0.960. The fourth-order valence-electron chi connectivity index (χ4n) is 1.89. The number of aryl methyl sites for hydroxylation is 1. The summed E-state index contributed by atoms with van der Waals surface area (Å²) in [6.45, 7) is 2.08. The van der Waals surface area contributed by atoms with Crippen LogP contribution in [0.15, 0.2) is 53.4 Å². The molecule has 1 nitrogen and oxygen atoms in total. The topological polar surface area (TPSA) is 20.2 Å². The zero-order valence-corrected chi connectivity index (χ0v) is 12.4. The minimum Gasteiger partial charge on any atom is -0.392 e. The summed E-state index contributed by atoms with van der Waals surface area (Å²) in [6.07, 6.45) is 0.281. The summed E-state index contributed by atoms with van der Waals surface area (Å²) in [5, 5.41) is 10.8. The highest BCUT2D eigenvalue weighted by atomic mass is 35.5. The summed E-state index contributed by atoms with van der Waals surface area (Å²) in [5.41, 5.74) is 2.32. The first kappa shape index (κ1) is 14.4. The molecule has 2 aromatic rings. The zero-order chi connectivity index (χ0) is 13.7. The molecule has 0 aromatic heterocycles. The molecule has 1 atom stereocenters. The van der Waals surface area contributed by atoms with Gasteiger partial charge in [-0.25, -0.2) is 0 Å². The molecule has 0 radical (unpaired) electrons. The predicted molar refractivity (Wildman–Crippen MR) is 83.1 cm³/mol.